The summed E-state index contributed by atoms with van der Waals surface area (Å²) in [5.41, 5.74) is -0.0627. The van der Waals surface area contributed by atoms with Gasteiger partial charge in [-0.25, -0.2) is 14.2 Å². The van der Waals surface area contributed by atoms with Crippen LogP contribution in [-0.2, 0) is 5.41 Å². The Kier molecular flexibility index (Phi) is 5.27. The monoisotopic (exact) mass is 338 g/mol. The van der Waals surface area contributed by atoms with E-state index in [2.05, 4.69) is 20.0 Å². The number of nitrogens with one attached hydrogen (secondary N) is 2. The van der Waals surface area contributed by atoms with Crippen molar-refractivity contribution in [2.45, 2.75) is 32.3 Å². The van der Waals surface area contributed by atoms with Crippen LogP contribution in [-0.4, -0.2) is 27.0 Å². The fraction of sp³-hybridized carbons (Fsp3) is 0.400. The number of rotatable bonds is 4. The normalized spacial score (nSPS) is 12.7. The van der Waals surface area contributed by atoms with Gasteiger partial charge in [-0.2, -0.15) is 4.37 Å². The van der Waals surface area contributed by atoms with E-state index in [-0.39, 0.29) is 17.5 Å². The second-order valence-corrected chi connectivity index (χ2v) is 6.80. The third kappa shape index (κ3) is 4.70. The lowest BCUT2D eigenvalue weighted by atomic mass is 9.96. The van der Waals surface area contributed by atoms with Crippen LogP contribution < -0.4 is 10.6 Å². The molecule has 0 aliphatic carbocycles. The van der Waals surface area contributed by atoms with Crippen molar-refractivity contribution in [1.82, 2.24) is 14.7 Å². The molecule has 6 nitrogen and oxygen atoms in total. The number of aromatic nitrogens is 2. The summed E-state index contributed by atoms with van der Waals surface area (Å²) in [6, 6.07) is 5.36. The lowest BCUT2D eigenvalue weighted by molar-refractivity contribution is 0.170. The zero-order chi connectivity index (χ0) is 17.0. The summed E-state index contributed by atoms with van der Waals surface area (Å²) < 4.78 is 17.7. The molecular formula is C15H19FN4O2S. The van der Waals surface area contributed by atoms with Crippen molar-refractivity contribution >= 4 is 22.7 Å². The van der Waals surface area contributed by atoms with E-state index in [1.807, 2.05) is 20.8 Å². The topological polar surface area (TPSA) is 87.1 Å². The van der Waals surface area contributed by atoms with Crippen molar-refractivity contribution in [3.63, 3.8) is 0 Å². The number of anilines is 1. The van der Waals surface area contributed by atoms with Gasteiger partial charge in [0.2, 0.25) is 5.13 Å². The highest BCUT2D eigenvalue weighted by Crippen LogP contribution is 2.22. The Bertz CT molecular complexity index is 684. The molecule has 2 rings (SSSR count). The first-order valence-electron chi connectivity index (χ1n) is 7.09. The smallest absolute Gasteiger partial charge is 0.321 e. The van der Waals surface area contributed by atoms with Crippen LogP contribution in [0, 0.1) is 5.82 Å². The molecule has 0 saturated carbocycles. The molecule has 0 fully saturated rings. The second-order valence-electron chi connectivity index (χ2n) is 6.05. The molecule has 0 aliphatic rings. The Morgan fingerprint density at radius 1 is 1.39 bits per heavy atom. The minimum Gasteiger partial charge on any atom is -0.386 e. The molecular weight excluding hydrogens is 319 g/mol. The first-order chi connectivity index (χ1) is 10.8. The molecule has 8 heteroatoms. The number of halogens is 1. The van der Waals surface area contributed by atoms with Gasteiger partial charge in [-0.05, 0) is 6.07 Å². The molecule has 0 radical (unpaired) electrons. The molecule has 1 atom stereocenters. The average Bonchev–Trinajstić information content (AvgIpc) is 2.94. The molecule has 0 saturated heterocycles. The molecule has 1 aromatic heterocycles. The summed E-state index contributed by atoms with van der Waals surface area (Å²) >= 11 is 1.08. The van der Waals surface area contributed by atoms with Crippen LogP contribution in [0.25, 0.3) is 0 Å². The maximum atomic E-state index is 13.5. The van der Waals surface area contributed by atoms with Crippen LogP contribution in [0.15, 0.2) is 24.3 Å². The van der Waals surface area contributed by atoms with Crippen molar-refractivity contribution in [2.75, 3.05) is 11.9 Å². The van der Waals surface area contributed by atoms with E-state index in [1.54, 1.807) is 6.07 Å². The predicted octanol–water partition coefficient (Wildman–Crippen LogP) is 2.83. The van der Waals surface area contributed by atoms with Crippen LogP contribution >= 0.6 is 11.5 Å². The van der Waals surface area contributed by atoms with Crippen LogP contribution in [0.5, 0.6) is 0 Å². The molecule has 0 spiro atoms. The van der Waals surface area contributed by atoms with E-state index >= 15 is 0 Å². The number of aliphatic hydroxyl groups excluding tert-OH is 1. The highest BCUT2D eigenvalue weighted by Gasteiger charge is 2.20. The van der Waals surface area contributed by atoms with Crippen molar-refractivity contribution in [2.24, 2.45) is 0 Å². The minimum atomic E-state index is -1.12. The third-order valence-corrected chi connectivity index (χ3v) is 3.67. The highest BCUT2D eigenvalue weighted by atomic mass is 32.1. The van der Waals surface area contributed by atoms with E-state index in [0.717, 1.165) is 11.5 Å². The Balaban J connectivity index is 1.88. The summed E-state index contributed by atoms with van der Waals surface area (Å²) in [6.45, 7) is 5.81. The molecule has 124 valence electrons. The first-order valence-corrected chi connectivity index (χ1v) is 7.86. The Morgan fingerprint density at radius 3 is 2.70 bits per heavy atom. The molecule has 0 unspecified atom stereocenters. The van der Waals surface area contributed by atoms with Gasteiger partial charge in [0, 0.05) is 29.1 Å². The molecule has 23 heavy (non-hydrogen) atoms. The quantitative estimate of drug-likeness (QED) is 0.800. The van der Waals surface area contributed by atoms with Gasteiger partial charge in [0.1, 0.15) is 11.6 Å². The third-order valence-electron chi connectivity index (χ3n) is 3.04. The molecule has 2 aromatic rings. The van der Waals surface area contributed by atoms with Crippen LogP contribution in [0.2, 0.25) is 0 Å². The molecule has 0 aliphatic heterocycles. The Labute approximate surface area is 137 Å². The van der Waals surface area contributed by atoms with Crippen LogP contribution in [0.1, 0.15) is 38.3 Å². The van der Waals surface area contributed by atoms with Crippen molar-refractivity contribution < 1.29 is 14.3 Å². The molecule has 1 heterocycles. The lowest BCUT2D eigenvalue weighted by Gasteiger charge is -2.13. The largest absolute Gasteiger partial charge is 0.386 e. The Hall–Kier alpha value is -2.06. The first kappa shape index (κ1) is 17.3. The number of nitrogens with zero attached hydrogens (tertiary/aromatic N) is 2. The number of amides is 2. The van der Waals surface area contributed by atoms with Gasteiger partial charge in [-0.3, -0.25) is 5.32 Å². The van der Waals surface area contributed by atoms with Crippen molar-refractivity contribution in [3.05, 3.63) is 41.5 Å². The Morgan fingerprint density at radius 2 is 2.09 bits per heavy atom. The number of hydrogen-bond donors (Lipinski definition) is 3. The SMILES string of the molecule is CC(C)(C)c1nsc(NC(=O)NC[C@H](O)c2ccccc2F)n1. The highest BCUT2D eigenvalue weighted by molar-refractivity contribution is 7.09. The number of carbonyl (C=O) groups is 1. The van der Waals surface area contributed by atoms with Gasteiger partial charge in [-0.15, -0.1) is 0 Å². The van der Waals surface area contributed by atoms with Crippen LogP contribution in [0.3, 0.4) is 0 Å². The fourth-order valence-corrected chi connectivity index (χ4v) is 2.52. The van der Waals surface area contributed by atoms with E-state index in [0.29, 0.717) is 11.0 Å². The van der Waals surface area contributed by atoms with Gasteiger partial charge >= 0.3 is 6.03 Å². The summed E-state index contributed by atoms with van der Waals surface area (Å²) in [7, 11) is 0. The van der Waals surface area contributed by atoms with E-state index in [1.165, 1.54) is 18.2 Å². The number of aliphatic hydroxyl groups is 1. The molecule has 1 aromatic carbocycles. The van der Waals surface area contributed by atoms with Gasteiger partial charge in [0.15, 0.2) is 0 Å². The number of benzene rings is 1. The maximum Gasteiger partial charge on any atom is 0.321 e. The van der Waals surface area contributed by atoms with Gasteiger partial charge in [0.25, 0.3) is 0 Å². The number of carbonyl (C=O) groups excluding carboxylic acids is 1. The zero-order valence-electron chi connectivity index (χ0n) is 13.1. The van der Waals surface area contributed by atoms with Crippen molar-refractivity contribution in [3.8, 4) is 0 Å². The lowest BCUT2D eigenvalue weighted by Crippen LogP contribution is -2.32. The fourth-order valence-electron chi connectivity index (χ4n) is 1.76. The van der Waals surface area contributed by atoms with Gasteiger partial charge in [-0.1, -0.05) is 39.0 Å². The zero-order valence-corrected chi connectivity index (χ0v) is 13.9. The minimum absolute atomic E-state index is 0.113. The van der Waals surface area contributed by atoms with Gasteiger partial charge < -0.3 is 10.4 Å². The van der Waals surface area contributed by atoms with Crippen molar-refractivity contribution in [1.29, 1.82) is 0 Å². The second kappa shape index (κ2) is 7.01. The van der Waals surface area contributed by atoms with E-state index < -0.39 is 18.0 Å². The molecule has 0 bridgehead atoms. The average molecular weight is 338 g/mol. The molecule has 3 N–H and O–H groups in total. The van der Waals surface area contributed by atoms with E-state index in [9.17, 15) is 14.3 Å². The maximum absolute atomic E-state index is 13.5. The summed E-state index contributed by atoms with van der Waals surface area (Å²) in [5.74, 6) is 0.130. The number of hydrogen-bond acceptors (Lipinski definition) is 5. The summed E-state index contributed by atoms with van der Waals surface area (Å²) in [6.07, 6.45) is -1.12. The summed E-state index contributed by atoms with van der Waals surface area (Å²) in [5, 5.41) is 15.3. The predicted molar refractivity (Wildman–Crippen MR) is 87.0 cm³/mol. The van der Waals surface area contributed by atoms with Gasteiger partial charge in [0.05, 0.1) is 6.10 Å². The van der Waals surface area contributed by atoms with E-state index in [4.69, 9.17) is 0 Å². The van der Waals surface area contributed by atoms with Crippen LogP contribution in [0.4, 0.5) is 14.3 Å². The standard InChI is InChI=1S/C15H19FN4O2S/c1-15(2,3)12-18-14(23-20-12)19-13(22)17-8-11(21)9-6-4-5-7-10(9)16/h4-7,11,21H,8H2,1-3H3,(H2,17,18,19,20,22)/t11-/m0/s1. The molecule has 2 amide bonds. The summed E-state index contributed by atoms with van der Waals surface area (Å²) in [4.78, 5) is 16.0. The number of urea groups is 1.